The number of aromatic nitrogens is 3. The van der Waals surface area contributed by atoms with Crippen molar-refractivity contribution < 1.29 is 36.3 Å². The maximum absolute atomic E-state index is 13.1. The first kappa shape index (κ1) is 23.2. The number of amides is 1. The first-order chi connectivity index (χ1) is 15.1. The number of nitrogens with zero attached hydrogens (tertiary/aromatic N) is 3. The van der Waals surface area contributed by atoms with Gasteiger partial charge >= 0.3 is 12.1 Å². The maximum atomic E-state index is 13.1. The molecule has 0 aliphatic heterocycles. The van der Waals surface area contributed by atoms with Crippen molar-refractivity contribution in [3.05, 3.63) is 66.2 Å². The zero-order chi connectivity index (χ0) is 23.3. The Morgan fingerprint density at radius 1 is 1.12 bits per heavy atom. The summed E-state index contributed by atoms with van der Waals surface area (Å²) in [5.41, 5.74) is -1.10. The number of esters is 1. The van der Waals surface area contributed by atoms with Crippen LogP contribution in [-0.4, -0.2) is 39.0 Å². The Morgan fingerprint density at radius 2 is 1.84 bits per heavy atom. The van der Waals surface area contributed by atoms with E-state index in [9.17, 15) is 31.5 Å². The minimum Gasteiger partial charge on any atom is -0.452 e. The highest BCUT2D eigenvalue weighted by Crippen LogP contribution is 2.33. The largest absolute Gasteiger partial charge is 0.452 e. The van der Waals surface area contributed by atoms with Crippen LogP contribution in [0.4, 0.5) is 27.6 Å². The maximum Gasteiger partial charge on any atom is 0.416 e. The molecule has 0 atom stereocenters. The third-order valence-electron chi connectivity index (χ3n) is 3.91. The van der Waals surface area contributed by atoms with Gasteiger partial charge in [-0.15, -0.1) is 0 Å². The number of thioether (sulfide) groups is 1. The van der Waals surface area contributed by atoms with Crippen LogP contribution < -0.4 is 5.32 Å². The lowest BCUT2D eigenvalue weighted by Crippen LogP contribution is -2.22. The molecule has 7 nitrogen and oxygen atoms in total. The van der Waals surface area contributed by atoms with Gasteiger partial charge in [0, 0.05) is 4.90 Å². The van der Waals surface area contributed by atoms with Crippen molar-refractivity contribution in [3.8, 4) is 5.69 Å². The molecule has 0 aliphatic rings. The molecule has 1 N–H and O–H groups in total. The van der Waals surface area contributed by atoms with Crippen LogP contribution in [0.2, 0.25) is 0 Å². The molecular weight excluding hydrogens is 459 g/mol. The zero-order valence-electron chi connectivity index (χ0n) is 15.8. The molecule has 32 heavy (non-hydrogen) atoms. The molecule has 0 spiro atoms. The average Bonchev–Trinajstić information content (AvgIpc) is 3.26. The standard InChI is InChI=1S/C19H13F5N4O3S/c20-18(21)32-13-4-1-11(2-5-13)17(30)31-8-16(29)27-14-7-12(19(22,23)24)3-6-15(14)28-10-25-9-26-28/h1-7,9-10,18H,8H2,(H,27,29). The minimum atomic E-state index is -4.65. The second-order valence-corrected chi connectivity index (χ2v) is 7.16. The lowest BCUT2D eigenvalue weighted by Gasteiger charge is -2.14. The van der Waals surface area contributed by atoms with Crippen LogP contribution >= 0.6 is 11.8 Å². The number of carbonyl (C=O) groups is 2. The quantitative estimate of drug-likeness (QED) is 0.312. The molecule has 1 amide bonds. The van der Waals surface area contributed by atoms with Crippen LogP contribution in [0.1, 0.15) is 15.9 Å². The first-order valence-electron chi connectivity index (χ1n) is 8.71. The lowest BCUT2D eigenvalue weighted by atomic mass is 10.1. The van der Waals surface area contributed by atoms with Crippen molar-refractivity contribution in [1.29, 1.82) is 0 Å². The summed E-state index contributed by atoms with van der Waals surface area (Å²) in [6, 6.07) is 7.74. The van der Waals surface area contributed by atoms with Crippen LogP contribution in [0.3, 0.4) is 0 Å². The summed E-state index contributed by atoms with van der Waals surface area (Å²) in [7, 11) is 0. The number of hydrogen-bond acceptors (Lipinski definition) is 6. The molecule has 3 aromatic rings. The zero-order valence-corrected chi connectivity index (χ0v) is 16.7. The second kappa shape index (κ2) is 9.77. The van der Waals surface area contributed by atoms with E-state index >= 15 is 0 Å². The van der Waals surface area contributed by atoms with Crippen molar-refractivity contribution in [1.82, 2.24) is 14.8 Å². The summed E-state index contributed by atoms with van der Waals surface area (Å²) < 4.78 is 69.8. The number of hydrogen-bond donors (Lipinski definition) is 1. The molecule has 0 unspecified atom stereocenters. The highest BCUT2D eigenvalue weighted by Gasteiger charge is 2.31. The average molecular weight is 472 g/mol. The molecule has 1 heterocycles. The smallest absolute Gasteiger partial charge is 0.416 e. The Hall–Kier alpha value is -3.48. The molecule has 0 fully saturated rings. The Kier molecular flexibility index (Phi) is 7.08. The first-order valence-corrected chi connectivity index (χ1v) is 9.59. The van der Waals surface area contributed by atoms with E-state index in [1.165, 1.54) is 30.6 Å². The summed E-state index contributed by atoms with van der Waals surface area (Å²) in [5.74, 6) is -4.42. The van der Waals surface area contributed by atoms with Gasteiger partial charge in [-0.1, -0.05) is 11.8 Å². The van der Waals surface area contributed by atoms with Gasteiger partial charge in [0.1, 0.15) is 12.7 Å². The van der Waals surface area contributed by atoms with Crippen LogP contribution in [0, 0.1) is 0 Å². The lowest BCUT2D eigenvalue weighted by molar-refractivity contribution is -0.137. The normalized spacial score (nSPS) is 11.4. The predicted molar refractivity (Wildman–Crippen MR) is 104 cm³/mol. The van der Waals surface area contributed by atoms with E-state index in [1.807, 2.05) is 0 Å². The molecule has 0 aliphatic carbocycles. The second-order valence-electron chi connectivity index (χ2n) is 6.10. The number of anilines is 1. The Morgan fingerprint density at radius 3 is 2.44 bits per heavy atom. The number of benzene rings is 2. The molecule has 0 radical (unpaired) electrons. The summed E-state index contributed by atoms with van der Waals surface area (Å²) in [5, 5.41) is 6.08. The summed E-state index contributed by atoms with van der Waals surface area (Å²) in [6.45, 7) is -0.792. The van der Waals surface area contributed by atoms with Crippen molar-refractivity contribution in [3.63, 3.8) is 0 Å². The van der Waals surface area contributed by atoms with Gasteiger partial charge in [-0.05, 0) is 42.5 Å². The van der Waals surface area contributed by atoms with Gasteiger partial charge in [-0.25, -0.2) is 14.5 Å². The van der Waals surface area contributed by atoms with Crippen LogP contribution in [-0.2, 0) is 15.7 Å². The van der Waals surface area contributed by atoms with Crippen molar-refractivity contribution in [2.24, 2.45) is 0 Å². The van der Waals surface area contributed by atoms with E-state index in [-0.39, 0.29) is 21.8 Å². The van der Waals surface area contributed by atoms with Crippen molar-refractivity contribution >= 4 is 29.3 Å². The SMILES string of the molecule is O=C(COC(=O)c1ccc(SC(F)F)cc1)Nc1cc(C(F)(F)F)ccc1-n1cncn1. The van der Waals surface area contributed by atoms with Crippen LogP contribution in [0.5, 0.6) is 0 Å². The van der Waals surface area contributed by atoms with Crippen molar-refractivity contribution in [2.75, 3.05) is 11.9 Å². The Balaban J connectivity index is 1.68. The molecule has 0 saturated heterocycles. The fourth-order valence-electron chi connectivity index (χ4n) is 2.52. The van der Waals surface area contributed by atoms with Crippen molar-refractivity contribution in [2.45, 2.75) is 16.8 Å². The van der Waals surface area contributed by atoms with Gasteiger partial charge in [-0.3, -0.25) is 4.79 Å². The summed E-state index contributed by atoms with van der Waals surface area (Å²) in [6.07, 6.45) is -2.26. The van der Waals surface area contributed by atoms with Gasteiger partial charge in [0.15, 0.2) is 6.61 Å². The van der Waals surface area contributed by atoms with Gasteiger partial charge in [0.25, 0.3) is 11.7 Å². The number of rotatable bonds is 7. The topological polar surface area (TPSA) is 86.1 Å². The third-order valence-corrected chi connectivity index (χ3v) is 4.64. The van der Waals surface area contributed by atoms with E-state index in [1.54, 1.807) is 0 Å². The van der Waals surface area contributed by atoms with Gasteiger partial charge in [-0.2, -0.15) is 27.1 Å². The minimum absolute atomic E-state index is 0.0128. The van der Waals surface area contributed by atoms with Gasteiger partial charge < -0.3 is 10.1 Å². The van der Waals surface area contributed by atoms with Crippen LogP contribution in [0.15, 0.2) is 60.0 Å². The number of ether oxygens (including phenoxy) is 1. The van der Waals surface area contributed by atoms with Crippen LogP contribution in [0.25, 0.3) is 5.69 Å². The van der Waals surface area contributed by atoms with Gasteiger partial charge in [0.05, 0.1) is 22.5 Å². The molecular formula is C19H13F5N4O3S. The molecule has 0 saturated carbocycles. The monoisotopic (exact) mass is 472 g/mol. The Bertz CT molecular complexity index is 1090. The highest BCUT2D eigenvalue weighted by atomic mass is 32.2. The van der Waals surface area contributed by atoms with E-state index in [0.29, 0.717) is 11.8 Å². The molecule has 13 heteroatoms. The summed E-state index contributed by atoms with van der Waals surface area (Å²) in [4.78, 5) is 28.2. The molecule has 3 rings (SSSR count). The number of alkyl halides is 5. The van der Waals surface area contributed by atoms with Gasteiger partial charge in [0.2, 0.25) is 0 Å². The van der Waals surface area contributed by atoms with E-state index in [0.717, 1.165) is 29.2 Å². The number of carbonyl (C=O) groups excluding carboxylic acids is 2. The number of halogens is 5. The molecule has 1 aromatic heterocycles. The summed E-state index contributed by atoms with van der Waals surface area (Å²) >= 11 is 0.300. The molecule has 2 aromatic carbocycles. The fourth-order valence-corrected chi connectivity index (χ4v) is 3.02. The van der Waals surface area contributed by atoms with E-state index < -0.39 is 36.0 Å². The predicted octanol–water partition coefficient (Wildman–Crippen LogP) is 4.40. The third kappa shape index (κ3) is 6.03. The molecule has 168 valence electrons. The highest BCUT2D eigenvalue weighted by molar-refractivity contribution is 7.99. The fraction of sp³-hybridized carbons (Fsp3) is 0.158. The van der Waals surface area contributed by atoms with E-state index in [4.69, 9.17) is 4.74 Å². The molecule has 0 bridgehead atoms. The van der Waals surface area contributed by atoms with E-state index in [2.05, 4.69) is 15.4 Å². The number of nitrogens with one attached hydrogen (secondary N) is 1. The Labute approximate surface area is 181 Å².